The molecule has 0 saturated carbocycles. The van der Waals surface area contributed by atoms with E-state index in [-0.39, 0.29) is 6.04 Å². The third-order valence-corrected chi connectivity index (χ3v) is 2.10. The van der Waals surface area contributed by atoms with Gasteiger partial charge in [-0.2, -0.15) is 0 Å². The van der Waals surface area contributed by atoms with Gasteiger partial charge in [-0.15, -0.1) is 0 Å². The maximum Gasteiger partial charge on any atom is 0.118 e. The molecule has 0 bridgehead atoms. The number of piperidine rings is 1. The molecule has 1 rings (SSSR count). The number of likely N-dealkylation sites (tertiary alicyclic amines) is 1. The number of hydrogen-bond acceptors (Lipinski definition) is 2. The van der Waals surface area contributed by atoms with Gasteiger partial charge in [-0.25, -0.2) is 4.39 Å². The summed E-state index contributed by atoms with van der Waals surface area (Å²) in [5, 5.41) is 0. The van der Waals surface area contributed by atoms with Crippen molar-refractivity contribution in [2.75, 3.05) is 19.6 Å². The van der Waals surface area contributed by atoms with Crippen LogP contribution >= 0.6 is 0 Å². The molecule has 2 N–H and O–H groups in total. The molecule has 1 aliphatic rings. The standard InChI is InChI=1S/C7H15FN2/c1-2-10-4-3-6(8)7(9)5-10/h6-7H,2-5,9H2,1H3/t6-,7-/m1/s1. The van der Waals surface area contributed by atoms with Gasteiger partial charge in [0.25, 0.3) is 0 Å². The third kappa shape index (κ3) is 1.67. The summed E-state index contributed by atoms with van der Waals surface area (Å²) in [5.41, 5.74) is 5.53. The predicted molar refractivity (Wildman–Crippen MR) is 39.6 cm³/mol. The zero-order valence-corrected chi connectivity index (χ0v) is 6.39. The first-order valence-electron chi connectivity index (χ1n) is 3.86. The van der Waals surface area contributed by atoms with E-state index in [1.807, 2.05) is 0 Å². The molecule has 10 heavy (non-hydrogen) atoms. The molecule has 2 nitrogen and oxygen atoms in total. The number of likely N-dealkylation sites (N-methyl/N-ethyl adjacent to an activating group) is 1. The van der Waals surface area contributed by atoms with Crippen LogP contribution in [0.25, 0.3) is 0 Å². The smallest absolute Gasteiger partial charge is 0.118 e. The van der Waals surface area contributed by atoms with Gasteiger partial charge < -0.3 is 10.6 Å². The molecule has 0 aliphatic carbocycles. The first kappa shape index (κ1) is 7.95. The number of hydrogen-bond donors (Lipinski definition) is 1. The Labute approximate surface area is 61.2 Å². The lowest BCUT2D eigenvalue weighted by molar-refractivity contribution is 0.132. The lowest BCUT2D eigenvalue weighted by Crippen LogP contribution is -2.49. The van der Waals surface area contributed by atoms with Gasteiger partial charge in [-0.3, -0.25) is 0 Å². The quantitative estimate of drug-likeness (QED) is 0.579. The molecule has 1 fully saturated rings. The van der Waals surface area contributed by atoms with E-state index in [0.717, 1.165) is 19.6 Å². The van der Waals surface area contributed by atoms with Crippen molar-refractivity contribution < 1.29 is 4.39 Å². The summed E-state index contributed by atoms with van der Waals surface area (Å²) in [6.45, 7) is 4.65. The molecule has 0 amide bonds. The van der Waals surface area contributed by atoms with E-state index in [4.69, 9.17) is 5.73 Å². The Balaban J connectivity index is 2.33. The van der Waals surface area contributed by atoms with Crippen molar-refractivity contribution in [1.82, 2.24) is 4.90 Å². The average Bonchev–Trinajstić information content (AvgIpc) is 1.95. The van der Waals surface area contributed by atoms with Crippen LogP contribution in [0.5, 0.6) is 0 Å². The summed E-state index contributed by atoms with van der Waals surface area (Å²) < 4.78 is 12.7. The summed E-state index contributed by atoms with van der Waals surface area (Å²) in [6, 6.07) is -0.256. The lowest BCUT2D eigenvalue weighted by atomic mass is 10.1. The Morgan fingerprint density at radius 3 is 2.90 bits per heavy atom. The molecule has 0 spiro atoms. The van der Waals surface area contributed by atoms with Gasteiger partial charge in [0.1, 0.15) is 6.17 Å². The highest BCUT2D eigenvalue weighted by atomic mass is 19.1. The Morgan fingerprint density at radius 2 is 2.40 bits per heavy atom. The van der Waals surface area contributed by atoms with E-state index in [0.29, 0.717) is 6.42 Å². The van der Waals surface area contributed by atoms with E-state index < -0.39 is 6.17 Å². The first-order chi connectivity index (χ1) is 4.74. The third-order valence-electron chi connectivity index (χ3n) is 2.10. The summed E-state index contributed by atoms with van der Waals surface area (Å²) >= 11 is 0. The van der Waals surface area contributed by atoms with Crippen molar-refractivity contribution in [2.24, 2.45) is 5.73 Å². The Morgan fingerprint density at radius 1 is 1.70 bits per heavy atom. The topological polar surface area (TPSA) is 29.3 Å². The van der Waals surface area contributed by atoms with Gasteiger partial charge in [-0.05, 0) is 13.0 Å². The molecule has 1 aliphatic heterocycles. The van der Waals surface area contributed by atoms with E-state index in [2.05, 4.69) is 11.8 Å². The van der Waals surface area contributed by atoms with Crippen LogP contribution in [0.15, 0.2) is 0 Å². The van der Waals surface area contributed by atoms with Crippen LogP contribution in [0.4, 0.5) is 4.39 Å². The number of alkyl halides is 1. The minimum atomic E-state index is -0.775. The maximum absolute atomic E-state index is 12.7. The second-order valence-corrected chi connectivity index (χ2v) is 2.86. The molecule has 3 heteroatoms. The minimum Gasteiger partial charge on any atom is -0.324 e. The van der Waals surface area contributed by atoms with Crippen LogP contribution in [0.2, 0.25) is 0 Å². The second-order valence-electron chi connectivity index (χ2n) is 2.86. The summed E-state index contributed by atoms with van der Waals surface area (Å²) in [6.07, 6.45) is -0.169. The number of nitrogens with two attached hydrogens (primary N) is 1. The Kier molecular flexibility index (Phi) is 2.63. The van der Waals surface area contributed by atoms with Crippen molar-refractivity contribution in [2.45, 2.75) is 25.6 Å². The van der Waals surface area contributed by atoms with Gasteiger partial charge in [0, 0.05) is 19.1 Å². The minimum absolute atomic E-state index is 0.256. The molecule has 0 aromatic heterocycles. The highest BCUT2D eigenvalue weighted by molar-refractivity contribution is 4.82. The van der Waals surface area contributed by atoms with Crippen LogP contribution < -0.4 is 5.73 Å². The molecule has 0 radical (unpaired) electrons. The van der Waals surface area contributed by atoms with Crippen molar-refractivity contribution >= 4 is 0 Å². The molecule has 0 aromatic rings. The van der Waals surface area contributed by atoms with Crippen molar-refractivity contribution in [3.05, 3.63) is 0 Å². The first-order valence-corrected chi connectivity index (χ1v) is 3.86. The lowest BCUT2D eigenvalue weighted by Gasteiger charge is -2.31. The summed E-state index contributed by atoms with van der Waals surface area (Å²) in [5.74, 6) is 0. The van der Waals surface area contributed by atoms with E-state index >= 15 is 0 Å². The molecule has 60 valence electrons. The number of nitrogens with zero attached hydrogens (tertiary/aromatic N) is 1. The monoisotopic (exact) mass is 146 g/mol. The highest BCUT2D eigenvalue weighted by Gasteiger charge is 2.24. The van der Waals surface area contributed by atoms with Crippen LogP contribution in [-0.4, -0.2) is 36.7 Å². The molecular weight excluding hydrogens is 131 g/mol. The van der Waals surface area contributed by atoms with Crippen molar-refractivity contribution in [3.8, 4) is 0 Å². The molecule has 1 saturated heterocycles. The van der Waals surface area contributed by atoms with Gasteiger partial charge >= 0.3 is 0 Å². The molecule has 0 aromatic carbocycles. The molecular formula is C7H15FN2. The fourth-order valence-electron chi connectivity index (χ4n) is 1.31. The SMILES string of the molecule is CCN1CC[C@@H](F)[C@H](N)C1. The molecule has 0 unspecified atom stereocenters. The van der Waals surface area contributed by atoms with Crippen LogP contribution in [0.3, 0.4) is 0 Å². The predicted octanol–water partition coefficient (Wildman–Crippen LogP) is 0.377. The zero-order valence-electron chi connectivity index (χ0n) is 6.39. The van der Waals surface area contributed by atoms with Crippen LogP contribution in [-0.2, 0) is 0 Å². The fourth-order valence-corrected chi connectivity index (χ4v) is 1.31. The maximum atomic E-state index is 12.7. The van der Waals surface area contributed by atoms with Crippen LogP contribution in [0.1, 0.15) is 13.3 Å². The largest absolute Gasteiger partial charge is 0.324 e. The normalized spacial score (nSPS) is 36.3. The molecule has 2 atom stereocenters. The van der Waals surface area contributed by atoms with E-state index in [9.17, 15) is 4.39 Å². The van der Waals surface area contributed by atoms with Crippen molar-refractivity contribution in [1.29, 1.82) is 0 Å². The number of rotatable bonds is 1. The Hall–Kier alpha value is -0.150. The van der Waals surface area contributed by atoms with Crippen LogP contribution in [0, 0.1) is 0 Å². The zero-order chi connectivity index (χ0) is 7.56. The van der Waals surface area contributed by atoms with Gasteiger partial charge in [0.2, 0.25) is 0 Å². The Bertz CT molecular complexity index is 108. The van der Waals surface area contributed by atoms with Gasteiger partial charge in [0.05, 0.1) is 0 Å². The van der Waals surface area contributed by atoms with Gasteiger partial charge in [0.15, 0.2) is 0 Å². The highest BCUT2D eigenvalue weighted by Crippen LogP contribution is 2.11. The second kappa shape index (κ2) is 3.30. The van der Waals surface area contributed by atoms with Crippen molar-refractivity contribution in [3.63, 3.8) is 0 Å². The summed E-state index contributed by atoms with van der Waals surface area (Å²) in [4.78, 5) is 2.18. The van der Waals surface area contributed by atoms with E-state index in [1.165, 1.54) is 0 Å². The van der Waals surface area contributed by atoms with E-state index in [1.54, 1.807) is 0 Å². The average molecular weight is 146 g/mol. The number of halogens is 1. The fraction of sp³-hybridized carbons (Fsp3) is 1.00. The summed E-state index contributed by atoms with van der Waals surface area (Å²) in [7, 11) is 0. The van der Waals surface area contributed by atoms with Gasteiger partial charge in [-0.1, -0.05) is 6.92 Å². The molecule has 1 heterocycles.